The summed E-state index contributed by atoms with van der Waals surface area (Å²) in [6.45, 7) is 3.37. The average Bonchev–Trinajstić information content (AvgIpc) is 2.37. The number of aliphatic hydroxyl groups excluding tert-OH is 1. The number of halogens is 2. The quantitative estimate of drug-likeness (QED) is 0.760. The zero-order valence-corrected chi connectivity index (χ0v) is 10.7. The predicted molar refractivity (Wildman–Crippen MR) is 65.3 cm³/mol. The van der Waals surface area contributed by atoms with Gasteiger partial charge in [0, 0.05) is 12.6 Å². The van der Waals surface area contributed by atoms with Crippen LogP contribution in [0, 0.1) is 11.6 Å². The Kier molecular flexibility index (Phi) is 6.18. The van der Waals surface area contributed by atoms with Crippen LogP contribution in [0.4, 0.5) is 8.78 Å². The summed E-state index contributed by atoms with van der Waals surface area (Å²) >= 11 is 0. The monoisotopic (exact) mass is 259 g/mol. The Hall–Kier alpha value is -1.04. The van der Waals surface area contributed by atoms with Gasteiger partial charge in [0.15, 0.2) is 11.6 Å². The fourth-order valence-electron chi connectivity index (χ4n) is 1.60. The van der Waals surface area contributed by atoms with E-state index in [1.807, 2.05) is 18.9 Å². The molecule has 0 saturated heterocycles. The molecule has 3 nitrogen and oxygen atoms in total. The zero-order chi connectivity index (χ0) is 13.5. The summed E-state index contributed by atoms with van der Waals surface area (Å²) < 4.78 is 31.1. The van der Waals surface area contributed by atoms with Gasteiger partial charge in [0.05, 0.1) is 19.8 Å². The lowest BCUT2D eigenvalue weighted by molar-refractivity contribution is 0.0718. The second-order valence-corrected chi connectivity index (χ2v) is 4.17. The van der Waals surface area contributed by atoms with Crippen LogP contribution < -0.4 is 0 Å². The second-order valence-electron chi connectivity index (χ2n) is 4.17. The van der Waals surface area contributed by atoms with E-state index in [1.54, 1.807) is 6.07 Å². The first kappa shape index (κ1) is 15.0. The lowest BCUT2D eigenvalue weighted by atomic mass is 10.1. The number of rotatable bonds is 7. The Labute approximate surface area is 106 Å². The Balaban J connectivity index is 2.51. The van der Waals surface area contributed by atoms with Crippen LogP contribution in [0.1, 0.15) is 18.5 Å². The van der Waals surface area contributed by atoms with E-state index in [0.29, 0.717) is 19.8 Å². The fraction of sp³-hybridized carbons (Fsp3) is 0.538. The lowest BCUT2D eigenvalue weighted by Crippen LogP contribution is -2.27. The summed E-state index contributed by atoms with van der Waals surface area (Å²) in [4.78, 5) is 1.98. The van der Waals surface area contributed by atoms with Crippen molar-refractivity contribution in [1.82, 2.24) is 4.90 Å². The van der Waals surface area contributed by atoms with Gasteiger partial charge in [-0.05, 0) is 31.7 Å². The third-order valence-electron chi connectivity index (χ3n) is 2.91. The van der Waals surface area contributed by atoms with Gasteiger partial charge in [-0.2, -0.15) is 0 Å². The summed E-state index contributed by atoms with van der Waals surface area (Å²) in [6.07, 6.45) is 0. The van der Waals surface area contributed by atoms with Gasteiger partial charge in [0.25, 0.3) is 0 Å². The van der Waals surface area contributed by atoms with Gasteiger partial charge >= 0.3 is 0 Å². The third-order valence-corrected chi connectivity index (χ3v) is 2.91. The molecule has 5 heteroatoms. The number of nitrogens with zero attached hydrogens (tertiary/aromatic N) is 1. The molecule has 0 aliphatic carbocycles. The average molecular weight is 259 g/mol. The van der Waals surface area contributed by atoms with Crippen LogP contribution in [0.3, 0.4) is 0 Å². The van der Waals surface area contributed by atoms with Gasteiger partial charge in [0.2, 0.25) is 0 Å². The molecule has 0 amide bonds. The molecule has 18 heavy (non-hydrogen) atoms. The Morgan fingerprint density at radius 3 is 2.61 bits per heavy atom. The minimum Gasteiger partial charge on any atom is -0.394 e. The molecule has 0 aromatic heterocycles. The number of aliphatic hydroxyl groups is 1. The van der Waals surface area contributed by atoms with Crippen LogP contribution in [-0.2, 0) is 4.74 Å². The molecule has 1 aromatic carbocycles. The molecule has 102 valence electrons. The van der Waals surface area contributed by atoms with Crippen molar-refractivity contribution in [3.8, 4) is 0 Å². The van der Waals surface area contributed by atoms with Crippen LogP contribution in [0.5, 0.6) is 0 Å². The third kappa shape index (κ3) is 4.33. The number of hydrogen-bond acceptors (Lipinski definition) is 3. The minimum absolute atomic E-state index is 0.00242. The minimum atomic E-state index is -0.833. The van der Waals surface area contributed by atoms with E-state index in [-0.39, 0.29) is 12.6 Å². The van der Waals surface area contributed by atoms with Crippen molar-refractivity contribution in [2.24, 2.45) is 0 Å². The molecule has 1 atom stereocenters. The zero-order valence-electron chi connectivity index (χ0n) is 10.7. The van der Waals surface area contributed by atoms with Crippen molar-refractivity contribution in [2.75, 3.05) is 33.4 Å². The van der Waals surface area contributed by atoms with Crippen LogP contribution in [-0.4, -0.2) is 43.4 Å². The van der Waals surface area contributed by atoms with Crippen LogP contribution in [0.15, 0.2) is 18.2 Å². The molecule has 0 aliphatic rings. The smallest absolute Gasteiger partial charge is 0.159 e. The van der Waals surface area contributed by atoms with Crippen molar-refractivity contribution in [2.45, 2.75) is 13.0 Å². The van der Waals surface area contributed by atoms with Gasteiger partial charge < -0.3 is 9.84 Å². The molecular formula is C13H19F2NO2. The predicted octanol–water partition coefficient (Wildman–Crippen LogP) is 1.97. The first-order valence-corrected chi connectivity index (χ1v) is 5.90. The molecule has 0 radical (unpaired) electrons. The van der Waals surface area contributed by atoms with Crippen LogP contribution >= 0.6 is 0 Å². The molecule has 1 N–H and O–H groups in total. The van der Waals surface area contributed by atoms with Crippen molar-refractivity contribution < 1.29 is 18.6 Å². The molecule has 0 heterocycles. The normalized spacial score (nSPS) is 13.0. The van der Waals surface area contributed by atoms with Gasteiger partial charge in [-0.25, -0.2) is 8.78 Å². The molecule has 0 bridgehead atoms. The molecule has 0 spiro atoms. The molecule has 0 aliphatic heterocycles. The highest BCUT2D eigenvalue weighted by Crippen LogP contribution is 2.20. The fourth-order valence-corrected chi connectivity index (χ4v) is 1.60. The Bertz CT molecular complexity index is 374. The molecule has 1 aromatic rings. The van der Waals surface area contributed by atoms with E-state index in [9.17, 15) is 8.78 Å². The standard InChI is InChI=1S/C13H19F2NO2/c1-10(16(2)5-7-18-8-6-17)11-3-4-12(14)13(15)9-11/h3-4,9-10,17H,5-8H2,1-2H3. The number of ether oxygens (including phenoxy) is 1. The Morgan fingerprint density at radius 1 is 1.28 bits per heavy atom. The van der Waals surface area contributed by atoms with Crippen molar-refractivity contribution >= 4 is 0 Å². The Morgan fingerprint density at radius 2 is 2.00 bits per heavy atom. The highest BCUT2D eigenvalue weighted by Gasteiger charge is 2.13. The molecule has 1 unspecified atom stereocenters. The van der Waals surface area contributed by atoms with Crippen molar-refractivity contribution in [1.29, 1.82) is 0 Å². The summed E-state index contributed by atoms with van der Waals surface area (Å²) in [5, 5.41) is 8.56. The SMILES string of the molecule is CC(c1ccc(F)c(F)c1)N(C)CCOCCO. The van der Waals surface area contributed by atoms with E-state index >= 15 is 0 Å². The first-order valence-electron chi connectivity index (χ1n) is 5.90. The topological polar surface area (TPSA) is 32.7 Å². The van der Waals surface area contributed by atoms with E-state index in [0.717, 1.165) is 11.6 Å². The maximum Gasteiger partial charge on any atom is 0.159 e. The number of hydrogen-bond donors (Lipinski definition) is 1. The summed E-state index contributed by atoms with van der Waals surface area (Å²) in [5.41, 5.74) is 0.721. The summed E-state index contributed by atoms with van der Waals surface area (Å²) in [6, 6.07) is 3.90. The van der Waals surface area contributed by atoms with Gasteiger partial charge in [-0.15, -0.1) is 0 Å². The largest absolute Gasteiger partial charge is 0.394 e. The van der Waals surface area contributed by atoms with Crippen molar-refractivity contribution in [3.05, 3.63) is 35.4 Å². The molecule has 0 saturated carbocycles. The molecular weight excluding hydrogens is 240 g/mol. The van der Waals surface area contributed by atoms with Crippen molar-refractivity contribution in [3.63, 3.8) is 0 Å². The maximum atomic E-state index is 13.1. The van der Waals surface area contributed by atoms with Crippen LogP contribution in [0.25, 0.3) is 0 Å². The number of likely N-dealkylation sites (N-methyl/N-ethyl adjacent to an activating group) is 1. The van der Waals surface area contributed by atoms with Gasteiger partial charge in [0.1, 0.15) is 0 Å². The highest BCUT2D eigenvalue weighted by molar-refractivity contribution is 5.20. The summed E-state index contributed by atoms with van der Waals surface area (Å²) in [5.74, 6) is -1.66. The van der Waals surface area contributed by atoms with E-state index in [2.05, 4.69) is 0 Å². The van der Waals surface area contributed by atoms with Gasteiger partial charge in [-0.3, -0.25) is 4.90 Å². The van der Waals surface area contributed by atoms with E-state index in [1.165, 1.54) is 6.07 Å². The second kappa shape index (κ2) is 7.41. The molecule has 0 fully saturated rings. The molecule has 1 rings (SSSR count). The summed E-state index contributed by atoms with van der Waals surface area (Å²) in [7, 11) is 1.88. The van der Waals surface area contributed by atoms with E-state index in [4.69, 9.17) is 9.84 Å². The lowest BCUT2D eigenvalue weighted by Gasteiger charge is -2.25. The van der Waals surface area contributed by atoms with Crippen LogP contribution in [0.2, 0.25) is 0 Å². The van der Waals surface area contributed by atoms with E-state index < -0.39 is 11.6 Å². The first-order chi connectivity index (χ1) is 8.56. The highest BCUT2D eigenvalue weighted by atomic mass is 19.2. The number of benzene rings is 1. The van der Waals surface area contributed by atoms with Gasteiger partial charge in [-0.1, -0.05) is 6.07 Å². The maximum absolute atomic E-state index is 13.1.